The zero-order valence-electron chi connectivity index (χ0n) is 11.5. The Hall–Kier alpha value is -0.790. The first kappa shape index (κ1) is 16.2. The molecule has 0 aromatic carbocycles. The predicted molar refractivity (Wildman–Crippen MR) is 72.9 cm³/mol. The highest BCUT2D eigenvalue weighted by atomic mass is 16.5. The van der Waals surface area contributed by atoms with Gasteiger partial charge in [0.05, 0.1) is 6.61 Å². The van der Waals surface area contributed by atoms with E-state index in [9.17, 15) is 4.79 Å². The van der Waals surface area contributed by atoms with Gasteiger partial charge in [-0.1, -0.05) is 45.6 Å². The maximum Gasteiger partial charge on any atom is 0.305 e. The molecule has 0 saturated carbocycles. The van der Waals surface area contributed by atoms with Gasteiger partial charge < -0.3 is 4.74 Å². The van der Waals surface area contributed by atoms with Gasteiger partial charge in [-0.15, -0.1) is 6.58 Å². The summed E-state index contributed by atoms with van der Waals surface area (Å²) >= 11 is 0. The summed E-state index contributed by atoms with van der Waals surface area (Å²) in [5.74, 6) is 0.507. The van der Waals surface area contributed by atoms with Crippen LogP contribution >= 0.6 is 0 Å². The lowest BCUT2D eigenvalue weighted by atomic mass is 10.1. The number of carbonyl (C=O) groups is 1. The molecule has 0 aromatic heterocycles. The molecule has 0 aromatic rings. The zero-order valence-corrected chi connectivity index (χ0v) is 11.5. The molecule has 0 fully saturated rings. The highest BCUT2D eigenvalue weighted by Crippen LogP contribution is 2.10. The van der Waals surface area contributed by atoms with Crippen LogP contribution in [0.5, 0.6) is 0 Å². The average molecular weight is 240 g/mol. The van der Waals surface area contributed by atoms with E-state index in [2.05, 4.69) is 20.4 Å². The van der Waals surface area contributed by atoms with E-state index in [1.54, 1.807) is 0 Å². The maximum absolute atomic E-state index is 11.4. The van der Waals surface area contributed by atoms with Gasteiger partial charge in [-0.2, -0.15) is 0 Å². The molecule has 0 atom stereocenters. The van der Waals surface area contributed by atoms with Crippen LogP contribution in [-0.2, 0) is 9.53 Å². The summed E-state index contributed by atoms with van der Waals surface area (Å²) in [4.78, 5) is 11.4. The van der Waals surface area contributed by atoms with E-state index in [0.29, 0.717) is 18.9 Å². The Balaban J connectivity index is 3.37. The van der Waals surface area contributed by atoms with E-state index in [1.165, 1.54) is 12.8 Å². The number of rotatable bonds is 11. The zero-order chi connectivity index (χ0) is 12.9. The van der Waals surface area contributed by atoms with Crippen LogP contribution in [0.3, 0.4) is 0 Å². The fourth-order valence-electron chi connectivity index (χ4n) is 1.72. The Labute approximate surface area is 106 Å². The third kappa shape index (κ3) is 10.1. The normalized spacial score (nSPS) is 10.5. The van der Waals surface area contributed by atoms with Gasteiger partial charge in [0.15, 0.2) is 0 Å². The standard InChI is InChI=1S/C15H28O2/c1-4-7-8-9-10-11-12-15(16)17-13-14(5-2)6-3/h4,14H,1,5-13H2,2-3H3. The predicted octanol–water partition coefficient (Wildman–Crippen LogP) is 4.49. The average Bonchev–Trinajstić information content (AvgIpc) is 2.35. The Morgan fingerprint density at radius 2 is 1.82 bits per heavy atom. The highest BCUT2D eigenvalue weighted by molar-refractivity contribution is 5.69. The molecule has 0 aliphatic rings. The second kappa shape index (κ2) is 11.7. The first-order chi connectivity index (χ1) is 8.24. The van der Waals surface area contributed by atoms with Gasteiger partial charge in [0.1, 0.15) is 0 Å². The third-order valence-electron chi connectivity index (χ3n) is 3.17. The molecule has 0 radical (unpaired) electrons. The smallest absolute Gasteiger partial charge is 0.305 e. The van der Waals surface area contributed by atoms with Gasteiger partial charge in [0.25, 0.3) is 0 Å². The number of carbonyl (C=O) groups excluding carboxylic acids is 1. The third-order valence-corrected chi connectivity index (χ3v) is 3.17. The summed E-state index contributed by atoms with van der Waals surface area (Å²) in [6.07, 6.45) is 10.2. The van der Waals surface area contributed by atoms with Crippen molar-refractivity contribution in [1.82, 2.24) is 0 Å². The van der Waals surface area contributed by atoms with Gasteiger partial charge in [-0.05, 0) is 25.2 Å². The molecule has 0 N–H and O–H groups in total. The van der Waals surface area contributed by atoms with Crippen molar-refractivity contribution in [3.05, 3.63) is 12.7 Å². The van der Waals surface area contributed by atoms with Gasteiger partial charge in [-0.25, -0.2) is 0 Å². The first-order valence-corrected chi connectivity index (χ1v) is 7.01. The van der Waals surface area contributed by atoms with Crippen LogP contribution in [0.1, 0.15) is 65.2 Å². The maximum atomic E-state index is 11.4. The lowest BCUT2D eigenvalue weighted by Crippen LogP contribution is -2.12. The largest absolute Gasteiger partial charge is 0.465 e. The van der Waals surface area contributed by atoms with Crippen LogP contribution in [0.25, 0.3) is 0 Å². The minimum atomic E-state index is -0.0272. The molecule has 0 bridgehead atoms. The van der Waals surface area contributed by atoms with Crippen LogP contribution in [0.15, 0.2) is 12.7 Å². The lowest BCUT2D eigenvalue weighted by Gasteiger charge is -2.12. The molecule has 2 nitrogen and oxygen atoms in total. The number of esters is 1. The summed E-state index contributed by atoms with van der Waals surface area (Å²) in [5.41, 5.74) is 0. The molecule has 0 aliphatic carbocycles. The quantitative estimate of drug-likeness (QED) is 0.302. The summed E-state index contributed by atoms with van der Waals surface area (Å²) in [5, 5.41) is 0. The van der Waals surface area contributed by atoms with E-state index in [-0.39, 0.29) is 5.97 Å². The first-order valence-electron chi connectivity index (χ1n) is 7.01. The number of hydrogen-bond donors (Lipinski definition) is 0. The van der Waals surface area contributed by atoms with Crippen molar-refractivity contribution in [3.63, 3.8) is 0 Å². The minimum absolute atomic E-state index is 0.0272. The van der Waals surface area contributed by atoms with Crippen molar-refractivity contribution in [2.75, 3.05) is 6.61 Å². The molecule has 17 heavy (non-hydrogen) atoms. The molecule has 0 aliphatic heterocycles. The van der Waals surface area contributed by atoms with Crippen molar-refractivity contribution in [3.8, 4) is 0 Å². The monoisotopic (exact) mass is 240 g/mol. The molecule has 0 spiro atoms. The number of unbranched alkanes of at least 4 members (excludes halogenated alkanes) is 4. The summed E-state index contributed by atoms with van der Waals surface area (Å²) < 4.78 is 5.26. The summed E-state index contributed by atoms with van der Waals surface area (Å²) in [6, 6.07) is 0. The van der Waals surface area contributed by atoms with Gasteiger partial charge in [0, 0.05) is 6.42 Å². The Kier molecular flexibility index (Phi) is 11.1. The molecular formula is C15H28O2. The molecule has 0 rings (SSSR count). The van der Waals surface area contributed by atoms with Crippen LogP contribution in [0, 0.1) is 5.92 Å². The molecule has 0 heterocycles. The van der Waals surface area contributed by atoms with Crippen LogP contribution in [0.4, 0.5) is 0 Å². The second-order valence-corrected chi connectivity index (χ2v) is 4.61. The van der Waals surface area contributed by atoms with Crippen LogP contribution in [0.2, 0.25) is 0 Å². The number of hydrogen-bond acceptors (Lipinski definition) is 2. The van der Waals surface area contributed by atoms with Crippen molar-refractivity contribution in [2.45, 2.75) is 65.2 Å². The fraction of sp³-hybridized carbons (Fsp3) is 0.800. The van der Waals surface area contributed by atoms with E-state index < -0.39 is 0 Å². The molecule has 0 unspecified atom stereocenters. The van der Waals surface area contributed by atoms with Gasteiger partial charge >= 0.3 is 5.97 Å². The molecule has 2 heteroatoms. The van der Waals surface area contributed by atoms with Gasteiger partial charge in [-0.3, -0.25) is 4.79 Å². The van der Waals surface area contributed by atoms with Crippen molar-refractivity contribution >= 4 is 5.97 Å². The Morgan fingerprint density at radius 1 is 1.18 bits per heavy atom. The minimum Gasteiger partial charge on any atom is -0.465 e. The van der Waals surface area contributed by atoms with Crippen molar-refractivity contribution < 1.29 is 9.53 Å². The fourth-order valence-corrected chi connectivity index (χ4v) is 1.72. The van der Waals surface area contributed by atoms with E-state index in [1.807, 2.05) is 6.08 Å². The highest BCUT2D eigenvalue weighted by Gasteiger charge is 2.07. The van der Waals surface area contributed by atoms with Gasteiger partial charge in [0.2, 0.25) is 0 Å². The van der Waals surface area contributed by atoms with E-state index in [4.69, 9.17) is 4.74 Å². The van der Waals surface area contributed by atoms with Crippen LogP contribution in [-0.4, -0.2) is 12.6 Å². The van der Waals surface area contributed by atoms with Crippen molar-refractivity contribution in [1.29, 1.82) is 0 Å². The van der Waals surface area contributed by atoms with Crippen molar-refractivity contribution in [2.24, 2.45) is 5.92 Å². The topological polar surface area (TPSA) is 26.3 Å². The van der Waals surface area contributed by atoms with E-state index >= 15 is 0 Å². The molecule has 0 amide bonds. The van der Waals surface area contributed by atoms with E-state index in [0.717, 1.165) is 32.1 Å². The Bertz CT molecular complexity index is 195. The lowest BCUT2D eigenvalue weighted by molar-refractivity contribution is -0.145. The SMILES string of the molecule is C=CCCCCCCC(=O)OCC(CC)CC. The molecular weight excluding hydrogens is 212 g/mol. The number of allylic oxidation sites excluding steroid dienone is 1. The Morgan fingerprint density at radius 3 is 2.41 bits per heavy atom. The summed E-state index contributed by atoms with van der Waals surface area (Å²) in [7, 11) is 0. The number of ether oxygens (including phenoxy) is 1. The van der Waals surface area contributed by atoms with Crippen LogP contribution < -0.4 is 0 Å². The second-order valence-electron chi connectivity index (χ2n) is 4.61. The molecule has 100 valence electrons. The molecule has 0 saturated heterocycles. The summed E-state index contributed by atoms with van der Waals surface area (Å²) in [6.45, 7) is 8.57.